The monoisotopic (exact) mass is 555 g/mol. The van der Waals surface area contributed by atoms with Gasteiger partial charge < -0.3 is 15.2 Å². The summed E-state index contributed by atoms with van der Waals surface area (Å²) in [6.45, 7) is 8.69. The predicted octanol–water partition coefficient (Wildman–Crippen LogP) is 5.20. The van der Waals surface area contributed by atoms with Crippen LogP contribution in [0.15, 0.2) is 42.7 Å². The average molecular weight is 556 g/mol. The number of rotatable bonds is 4. The number of ether oxygens (including phenoxy) is 1. The van der Waals surface area contributed by atoms with Crippen molar-refractivity contribution in [2.75, 3.05) is 0 Å². The Morgan fingerprint density at radius 2 is 1.76 bits per heavy atom. The van der Waals surface area contributed by atoms with E-state index < -0.39 is 0 Å². The van der Waals surface area contributed by atoms with Crippen LogP contribution in [0.1, 0.15) is 46.1 Å². The zero-order chi connectivity index (χ0) is 25.7. The second-order valence-corrected chi connectivity index (χ2v) is 10.8. The number of nitriles is 1. The second-order valence-electron chi connectivity index (χ2n) is 10.8. The topological polar surface area (TPSA) is 122 Å². The molecular weight excluding hydrogens is 525 g/mol. The highest BCUT2D eigenvalue weighted by atomic mass is 35.5. The van der Waals surface area contributed by atoms with Crippen LogP contribution in [0.4, 0.5) is 0 Å². The van der Waals surface area contributed by atoms with Crippen LogP contribution >= 0.6 is 24.8 Å². The van der Waals surface area contributed by atoms with Crippen molar-refractivity contribution in [3.63, 3.8) is 0 Å². The van der Waals surface area contributed by atoms with Gasteiger partial charge in [-0.05, 0) is 57.5 Å². The Morgan fingerprint density at radius 3 is 2.37 bits per heavy atom. The van der Waals surface area contributed by atoms with Crippen molar-refractivity contribution in [3.8, 4) is 40.2 Å². The number of aromatic nitrogens is 5. The van der Waals surface area contributed by atoms with E-state index >= 15 is 0 Å². The average Bonchev–Trinajstić information content (AvgIpc) is 3.17. The van der Waals surface area contributed by atoms with Crippen molar-refractivity contribution in [2.45, 2.75) is 57.7 Å². The smallest absolute Gasteiger partial charge is 0.233 e. The summed E-state index contributed by atoms with van der Waals surface area (Å²) in [5.74, 6) is 0.421. The molecule has 1 aliphatic heterocycles. The molecule has 4 heterocycles. The third-order valence-corrected chi connectivity index (χ3v) is 6.37. The maximum atomic E-state index is 10.7. The van der Waals surface area contributed by atoms with Crippen LogP contribution in [-0.4, -0.2) is 47.3 Å². The van der Waals surface area contributed by atoms with Crippen LogP contribution < -0.4 is 10.1 Å². The highest BCUT2D eigenvalue weighted by molar-refractivity contribution is 5.89. The third kappa shape index (κ3) is 5.99. The van der Waals surface area contributed by atoms with E-state index in [1.165, 1.54) is 0 Å². The number of piperidine rings is 1. The number of halogens is 2. The summed E-state index contributed by atoms with van der Waals surface area (Å²) in [5.41, 5.74) is 3.26. The van der Waals surface area contributed by atoms with Gasteiger partial charge in [-0.25, -0.2) is 4.98 Å². The van der Waals surface area contributed by atoms with Crippen molar-refractivity contribution >= 4 is 35.7 Å². The van der Waals surface area contributed by atoms with E-state index in [2.05, 4.69) is 59.4 Å². The zero-order valence-electron chi connectivity index (χ0n) is 21.9. The number of pyridine rings is 1. The Hall–Kier alpha value is -3.45. The van der Waals surface area contributed by atoms with Gasteiger partial charge in [-0.2, -0.15) is 10.4 Å². The molecular formula is C27H31Cl2N7O2. The van der Waals surface area contributed by atoms with Gasteiger partial charge in [0.25, 0.3) is 0 Å². The molecule has 38 heavy (non-hydrogen) atoms. The summed E-state index contributed by atoms with van der Waals surface area (Å²) in [5, 5.41) is 37.6. The zero-order valence-corrected chi connectivity index (χ0v) is 23.5. The molecule has 0 radical (unpaired) electrons. The Bertz CT molecular complexity index is 1480. The van der Waals surface area contributed by atoms with Crippen molar-refractivity contribution in [1.29, 1.82) is 5.26 Å². The summed E-state index contributed by atoms with van der Waals surface area (Å²) >= 11 is 0. The molecule has 3 aromatic heterocycles. The van der Waals surface area contributed by atoms with Gasteiger partial charge in [0, 0.05) is 60.4 Å². The minimum absolute atomic E-state index is 0. The van der Waals surface area contributed by atoms with E-state index in [9.17, 15) is 10.4 Å². The molecule has 0 unspecified atom stereocenters. The van der Waals surface area contributed by atoms with Crippen LogP contribution in [0, 0.1) is 11.3 Å². The molecule has 1 aliphatic rings. The fourth-order valence-electron chi connectivity index (χ4n) is 5.31. The molecule has 1 saturated heterocycles. The number of hydrogen-bond donors (Lipinski definition) is 2. The van der Waals surface area contributed by atoms with Crippen LogP contribution in [-0.2, 0) is 7.05 Å². The van der Waals surface area contributed by atoms with Gasteiger partial charge >= 0.3 is 0 Å². The third-order valence-electron chi connectivity index (χ3n) is 6.37. The molecule has 2 N–H and O–H groups in total. The molecule has 0 bridgehead atoms. The molecule has 9 nitrogen and oxygen atoms in total. The lowest BCUT2D eigenvalue weighted by Gasteiger charge is -2.46. The highest BCUT2D eigenvalue weighted by Crippen LogP contribution is 2.34. The number of nitrogens with zero attached hydrogens (tertiary/aromatic N) is 6. The summed E-state index contributed by atoms with van der Waals surface area (Å²) in [4.78, 5) is 4.44. The first-order valence-corrected chi connectivity index (χ1v) is 11.9. The first-order valence-electron chi connectivity index (χ1n) is 11.9. The number of benzene rings is 1. The van der Waals surface area contributed by atoms with Crippen LogP contribution in [0.5, 0.6) is 11.6 Å². The van der Waals surface area contributed by atoms with E-state index in [-0.39, 0.29) is 47.7 Å². The van der Waals surface area contributed by atoms with Gasteiger partial charge in [-0.1, -0.05) is 0 Å². The number of hydrogen-bond acceptors (Lipinski definition) is 8. The van der Waals surface area contributed by atoms with Gasteiger partial charge in [0.15, 0.2) is 0 Å². The molecule has 0 saturated carbocycles. The van der Waals surface area contributed by atoms with E-state index in [4.69, 9.17) is 4.74 Å². The molecule has 4 aromatic rings. The molecule has 5 rings (SSSR count). The quantitative estimate of drug-likeness (QED) is 0.352. The maximum absolute atomic E-state index is 10.7. The lowest BCUT2D eigenvalue weighted by Crippen LogP contribution is -2.60. The SMILES string of the molecule is Cl.Cl.Cn1cc2cc(-c3cnc(-c4ccc(OC5CC(C)(C)NC(C)(C)C5)nn4)c(O)c3)cc(C#N)c2n1. The fourth-order valence-corrected chi connectivity index (χ4v) is 5.31. The molecule has 0 atom stereocenters. The van der Waals surface area contributed by atoms with Crippen LogP contribution in [0.3, 0.4) is 0 Å². The minimum atomic E-state index is -0.0349. The molecule has 200 valence electrons. The van der Waals surface area contributed by atoms with Gasteiger partial charge in [-0.15, -0.1) is 35.0 Å². The van der Waals surface area contributed by atoms with Gasteiger partial charge in [-0.3, -0.25) is 4.68 Å². The predicted molar refractivity (Wildman–Crippen MR) is 151 cm³/mol. The number of aromatic hydroxyl groups is 1. The molecule has 0 spiro atoms. The van der Waals surface area contributed by atoms with Crippen molar-refractivity contribution in [1.82, 2.24) is 30.3 Å². The second kappa shape index (κ2) is 10.7. The van der Waals surface area contributed by atoms with E-state index in [1.807, 2.05) is 19.3 Å². The maximum Gasteiger partial charge on any atom is 0.233 e. The Kier molecular flexibility index (Phi) is 8.22. The van der Waals surface area contributed by atoms with Gasteiger partial charge in [0.05, 0.1) is 5.56 Å². The van der Waals surface area contributed by atoms with Crippen LogP contribution in [0.2, 0.25) is 0 Å². The Morgan fingerprint density at radius 1 is 1.05 bits per heavy atom. The van der Waals surface area contributed by atoms with Crippen molar-refractivity contribution in [3.05, 3.63) is 48.3 Å². The summed E-state index contributed by atoms with van der Waals surface area (Å²) < 4.78 is 7.83. The lowest BCUT2D eigenvalue weighted by atomic mass is 9.81. The standard InChI is InChI=1S/C27H29N7O2.2ClH/c1-26(2)11-20(12-27(3,4)33-26)36-23-7-6-21(30-31-23)25-22(35)10-18(14-29-25)16-8-17(13-28)24-19(9-16)15-34(5)32-24;;/h6-10,14-15,20,33,35H,11-12H2,1-5H3;2*1H. The number of fused-ring (bicyclic) bond motifs is 1. The Labute approximate surface area is 234 Å². The van der Waals surface area contributed by atoms with Crippen LogP contribution in [0.25, 0.3) is 33.4 Å². The highest BCUT2D eigenvalue weighted by Gasteiger charge is 2.38. The first-order chi connectivity index (χ1) is 17.0. The largest absolute Gasteiger partial charge is 0.506 e. The number of aryl methyl sites for hydroxylation is 1. The van der Waals surface area contributed by atoms with E-state index in [0.29, 0.717) is 33.9 Å². The van der Waals surface area contributed by atoms with E-state index in [0.717, 1.165) is 23.8 Å². The number of nitrogens with one attached hydrogen (secondary N) is 1. The van der Waals surface area contributed by atoms with Gasteiger partial charge in [0.1, 0.15) is 34.8 Å². The molecule has 1 aromatic carbocycles. The summed E-state index contributed by atoms with van der Waals surface area (Å²) in [6, 6.07) is 11.0. The summed E-state index contributed by atoms with van der Waals surface area (Å²) in [7, 11) is 1.81. The summed E-state index contributed by atoms with van der Waals surface area (Å²) in [6.07, 6.45) is 5.26. The van der Waals surface area contributed by atoms with E-state index in [1.54, 1.807) is 35.1 Å². The van der Waals surface area contributed by atoms with Crippen molar-refractivity contribution < 1.29 is 9.84 Å². The molecule has 0 amide bonds. The van der Waals surface area contributed by atoms with Crippen molar-refractivity contribution in [2.24, 2.45) is 7.05 Å². The molecule has 0 aliphatic carbocycles. The van der Waals surface area contributed by atoms with Gasteiger partial charge in [0.2, 0.25) is 5.88 Å². The Balaban J connectivity index is 0.00000200. The fraction of sp³-hybridized carbons (Fsp3) is 0.370. The molecule has 1 fully saturated rings. The normalized spacial score (nSPS) is 16.2. The first kappa shape index (κ1) is 29.1. The molecule has 11 heteroatoms. The lowest BCUT2D eigenvalue weighted by molar-refractivity contribution is 0.0524. The minimum Gasteiger partial charge on any atom is -0.506 e.